The van der Waals surface area contributed by atoms with Crippen LogP contribution < -0.4 is 0 Å². The standard InChI is InChI=1S/C63H102O31/c1-24-35(71)38(74)40(76)51(86-24)90-45-30(69)20-83-50(42(45)78)89-44-25(2)87-53(43(79)46(44)91-55-48(80)62(82,22-66)23-85-55)92-47-36(72)29(68)19-84-54(47)94-56(81)63-14-13-57(3,4)15-27(63)26-9-10-33-58(5)16-28(67)49(93-52-41(77)39(75)37(73)31(18-64)88-52)59(6,21-65)32(58)11-12-60(33,7)61(26,8)17-34(63)70/h9,24-25,27-55,64-80,82H,10-23H2,1-8H3/t24-,25-,27-,28-,29-,30+,31+,32+,33+,34+,35-,36-,37+,38+,39-,40+,41+,42+,43+,44-,45-,46-,47+,48-,49-,50-,51-,52-,53-,54+,55-,58-,59-,60+,61+,62+,63+/m0/s1. The SMILES string of the molecule is C[C@@H]1O[C@@H](O[C@@H]2[C@@H](O)[C@H](O[C@@H]3[C@@H](O[C@@H]4OC[C@](O)(CO)[C@H]4O)[C@@H](O)[C@H](O[C@H]4[C@@H](OC(=O)[C@]56CCC(C)(C)C[C@H]5C5=CC[C@@H]7[C@@]8(C)C[C@H](O)[C@H](O[C@@H]9O[C@H](CO)[C@@H](O)[C@H](O)[C@H]9O)[C@@](C)(CO)[C@@H]8CC[C@@]7(C)[C@]5(C)C[C@H]6O)OC[C@H](O)[C@@H]4O)O[C@H]3C)OC[C@H]2O)[C@H](O)[C@H](O)[C@H]1O. The van der Waals surface area contributed by atoms with Crippen molar-refractivity contribution < 1.29 is 154 Å². The second-order valence-electron chi connectivity index (χ2n) is 30.8. The smallest absolute Gasteiger partial charge is 0.317 e. The highest BCUT2D eigenvalue weighted by atomic mass is 16.8. The summed E-state index contributed by atoms with van der Waals surface area (Å²) < 4.78 is 71.9. The third kappa shape index (κ3) is 12.0. The first kappa shape index (κ1) is 73.3. The zero-order chi connectivity index (χ0) is 68.6. The van der Waals surface area contributed by atoms with E-state index in [2.05, 4.69) is 40.7 Å². The van der Waals surface area contributed by atoms with E-state index in [4.69, 9.17) is 56.8 Å². The van der Waals surface area contributed by atoms with E-state index in [0.717, 1.165) is 5.57 Å². The minimum Gasteiger partial charge on any atom is -0.432 e. The molecule has 11 aliphatic rings. The zero-order valence-electron chi connectivity index (χ0n) is 54.2. The Morgan fingerprint density at radius 2 is 1.14 bits per heavy atom. The molecule has 94 heavy (non-hydrogen) atoms. The summed E-state index contributed by atoms with van der Waals surface area (Å²) in [7, 11) is 0. The fourth-order valence-electron chi connectivity index (χ4n) is 18.8. The molecule has 11 rings (SSSR count). The molecule has 540 valence electrons. The predicted octanol–water partition coefficient (Wildman–Crippen LogP) is -5.50. The number of esters is 1. The molecule has 5 aliphatic carbocycles. The fraction of sp³-hybridized carbons (Fsp3) is 0.952. The quantitative estimate of drug-likeness (QED) is 0.0413. The molecule has 0 amide bonds. The van der Waals surface area contributed by atoms with Crippen LogP contribution in [0.3, 0.4) is 0 Å². The molecule has 0 aromatic rings. The minimum atomic E-state index is -2.25. The van der Waals surface area contributed by atoms with Crippen molar-refractivity contribution in [2.45, 2.75) is 284 Å². The summed E-state index contributed by atoms with van der Waals surface area (Å²) in [6, 6.07) is 0. The maximum absolute atomic E-state index is 15.7. The van der Waals surface area contributed by atoms with Gasteiger partial charge in [0.25, 0.3) is 0 Å². The van der Waals surface area contributed by atoms with Gasteiger partial charge in [0.15, 0.2) is 37.6 Å². The molecule has 0 aromatic carbocycles. The van der Waals surface area contributed by atoms with Gasteiger partial charge in [0, 0.05) is 5.41 Å². The summed E-state index contributed by atoms with van der Waals surface area (Å²) in [6.45, 7) is 11.3. The highest BCUT2D eigenvalue weighted by molar-refractivity contribution is 5.80. The Morgan fingerprint density at radius 1 is 0.543 bits per heavy atom. The van der Waals surface area contributed by atoms with Gasteiger partial charge in [0.05, 0.1) is 70.2 Å². The number of ether oxygens (including phenoxy) is 12. The number of carbonyl (C=O) groups excluding carboxylic acids is 1. The molecular formula is C63H102O31. The number of carbonyl (C=O) groups is 1. The summed E-state index contributed by atoms with van der Waals surface area (Å²) >= 11 is 0. The van der Waals surface area contributed by atoms with Crippen LogP contribution in [0.25, 0.3) is 0 Å². The lowest BCUT2D eigenvalue weighted by Crippen LogP contribution is -2.70. The van der Waals surface area contributed by atoms with Crippen LogP contribution in [0, 0.1) is 50.2 Å². The van der Waals surface area contributed by atoms with Crippen LogP contribution in [0.15, 0.2) is 11.6 Å². The maximum Gasteiger partial charge on any atom is 0.317 e. The highest BCUT2D eigenvalue weighted by Crippen LogP contribution is 2.76. The summed E-state index contributed by atoms with van der Waals surface area (Å²) in [4.78, 5) is 15.7. The van der Waals surface area contributed by atoms with Crippen LogP contribution in [0.1, 0.15) is 107 Å². The fourth-order valence-corrected chi connectivity index (χ4v) is 18.8. The minimum absolute atomic E-state index is 0.0808. The molecule has 18 N–H and O–H groups in total. The maximum atomic E-state index is 15.7. The second kappa shape index (κ2) is 26.8. The van der Waals surface area contributed by atoms with Gasteiger partial charge in [-0.2, -0.15) is 0 Å². The van der Waals surface area contributed by atoms with Crippen LogP contribution in [0.2, 0.25) is 0 Å². The summed E-state index contributed by atoms with van der Waals surface area (Å²) in [5.74, 6) is -2.01. The molecule has 10 fully saturated rings. The van der Waals surface area contributed by atoms with Crippen LogP contribution in [0.5, 0.6) is 0 Å². The number of rotatable bonds is 15. The molecular weight excluding hydrogens is 1250 g/mol. The highest BCUT2D eigenvalue weighted by Gasteiger charge is 2.73. The van der Waals surface area contributed by atoms with E-state index in [-0.39, 0.29) is 36.5 Å². The Morgan fingerprint density at radius 3 is 1.80 bits per heavy atom. The molecule has 37 atom stereocenters. The van der Waals surface area contributed by atoms with Crippen LogP contribution >= 0.6 is 0 Å². The lowest BCUT2D eigenvalue weighted by atomic mass is 9.33. The van der Waals surface area contributed by atoms with Crippen molar-refractivity contribution in [2.75, 3.05) is 39.6 Å². The molecule has 0 radical (unpaired) electrons. The number of fused-ring (bicyclic) bond motifs is 7. The number of aliphatic hydroxyl groups excluding tert-OH is 17. The van der Waals surface area contributed by atoms with Crippen molar-refractivity contribution in [1.29, 1.82) is 0 Å². The molecule has 0 spiro atoms. The van der Waals surface area contributed by atoms with Gasteiger partial charge in [-0.15, -0.1) is 0 Å². The largest absolute Gasteiger partial charge is 0.432 e. The third-order valence-electron chi connectivity index (χ3n) is 24.6. The van der Waals surface area contributed by atoms with Crippen LogP contribution in [-0.2, 0) is 61.6 Å². The lowest BCUT2D eigenvalue weighted by molar-refractivity contribution is -0.387. The summed E-state index contributed by atoms with van der Waals surface area (Å²) in [5.41, 5.74) is -6.53. The van der Waals surface area contributed by atoms with Gasteiger partial charge in [-0.05, 0) is 105 Å². The van der Waals surface area contributed by atoms with E-state index >= 15 is 4.79 Å². The lowest BCUT2D eigenvalue weighted by Gasteiger charge is -2.72. The molecule has 4 saturated carbocycles. The topological polar surface area (TPSA) is 492 Å². The van der Waals surface area contributed by atoms with E-state index in [9.17, 15) is 91.9 Å². The first-order valence-corrected chi connectivity index (χ1v) is 33.1. The van der Waals surface area contributed by atoms with E-state index in [1.807, 2.05) is 6.92 Å². The van der Waals surface area contributed by atoms with Crippen molar-refractivity contribution >= 4 is 5.97 Å². The van der Waals surface area contributed by atoms with E-state index in [1.54, 1.807) is 0 Å². The van der Waals surface area contributed by atoms with Gasteiger partial charge >= 0.3 is 5.97 Å². The van der Waals surface area contributed by atoms with Gasteiger partial charge in [-0.1, -0.05) is 53.2 Å². The average Bonchev–Trinajstić information content (AvgIpc) is 0.702. The van der Waals surface area contributed by atoms with Gasteiger partial charge in [0.1, 0.15) is 109 Å². The zero-order valence-corrected chi connectivity index (χ0v) is 54.2. The number of allylic oxidation sites excluding steroid dienone is 2. The molecule has 6 aliphatic heterocycles. The average molecular weight is 1360 g/mol. The van der Waals surface area contributed by atoms with Gasteiger partial charge < -0.3 is 149 Å². The molecule has 0 aromatic heterocycles. The third-order valence-corrected chi connectivity index (χ3v) is 24.6. The van der Waals surface area contributed by atoms with Gasteiger partial charge in [-0.25, -0.2) is 0 Å². The van der Waals surface area contributed by atoms with Gasteiger partial charge in [0.2, 0.25) is 6.29 Å². The Hall–Kier alpha value is -1.95. The number of aliphatic hydroxyl groups is 18. The molecule has 31 heteroatoms. The first-order valence-electron chi connectivity index (χ1n) is 33.1. The van der Waals surface area contributed by atoms with E-state index < -0.39 is 256 Å². The number of hydrogen-bond donors (Lipinski definition) is 18. The van der Waals surface area contributed by atoms with Crippen molar-refractivity contribution in [3.63, 3.8) is 0 Å². The predicted molar refractivity (Wildman–Crippen MR) is 311 cm³/mol. The Kier molecular flexibility index (Phi) is 20.9. The van der Waals surface area contributed by atoms with Crippen LogP contribution in [0.4, 0.5) is 0 Å². The van der Waals surface area contributed by atoms with E-state index in [0.29, 0.717) is 32.1 Å². The molecule has 6 saturated heterocycles. The van der Waals surface area contributed by atoms with Crippen LogP contribution in [-0.4, -0.2) is 315 Å². The van der Waals surface area contributed by atoms with Crippen molar-refractivity contribution in [3.05, 3.63) is 11.6 Å². The monoisotopic (exact) mass is 1350 g/mol. The van der Waals surface area contributed by atoms with Crippen molar-refractivity contribution in [3.8, 4) is 0 Å². The Bertz CT molecular complexity index is 2680. The second-order valence-corrected chi connectivity index (χ2v) is 30.8. The Labute approximate surface area is 543 Å². The first-order chi connectivity index (χ1) is 44.0. The van der Waals surface area contributed by atoms with Gasteiger partial charge in [-0.3, -0.25) is 4.79 Å². The number of hydrogen-bond acceptors (Lipinski definition) is 31. The normalized spacial score (nSPS) is 55.9. The summed E-state index contributed by atoms with van der Waals surface area (Å²) in [6.07, 6.45) is -41.2. The summed E-state index contributed by atoms with van der Waals surface area (Å²) in [5, 5.41) is 200. The molecule has 31 nitrogen and oxygen atoms in total. The van der Waals surface area contributed by atoms with E-state index in [1.165, 1.54) is 13.8 Å². The Balaban J connectivity index is 0.842. The molecule has 6 heterocycles. The van der Waals surface area contributed by atoms with Crippen molar-refractivity contribution in [2.24, 2.45) is 50.2 Å². The molecule has 0 unspecified atom stereocenters. The van der Waals surface area contributed by atoms with Crippen molar-refractivity contribution in [1.82, 2.24) is 0 Å². The molecule has 0 bridgehead atoms.